The maximum atomic E-state index is 11.7. The van der Waals surface area contributed by atoms with Crippen molar-refractivity contribution in [3.05, 3.63) is 5.28 Å². The Kier molecular flexibility index (Phi) is 6.44. The number of carbonyl (C=O) groups is 1. The fourth-order valence-electron chi connectivity index (χ4n) is 1.72. The molecule has 1 aromatic rings. The molecule has 1 rings (SSSR count). The summed E-state index contributed by atoms with van der Waals surface area (Å²) in [5, 5.41) is 2.98. The fourth-order valence-corrected chi connectivity index (χ4v) is 1.87. The van der Waals surface area contributed by atoms with E-state index in [1.807, 2.05) is 13.8 Å². The summed E-state index contributed by atoms with van der Waals surface area (Å²) in [7, 11) is 2.81. The maximum Gasteiger partial charge on any atom is 0.322 e. The number of ether oxygens (including phenoxy) is 2. The molecule has 0 saturated carbocycles. The molecule has 20 heavy (non-hydrogen) atoms. The van der Waals surface area contributed by atoms with E-state index in [1.165, 1.54) is 14.2 Å². The molecule has 0 amide bonds. The van der Waals surface area contributed by atoms with E-state index in [2.05, 4.69) is 20.3 Å². The Morgan fingerprint density at radius 2 is 2.00 bits per heavy atom. The first kappa shape index (κ1) is 16.4. The summed E-state index contributed by atoms with van der Waals surface area (Å²) in [4.78, 5) is 23.4. The third-order valence-corrected chi connectivity index (χ3v) is 2.74. The summed E-state index contributed by atoms with van der Waals surface area (Å²) in [5.74, 6) is 0.0942. The van der Waals surface area contributed by atoms with Gasteiger partial charge in [-0.15, -0.1) is 0 Å². The molecule has 112 valence electrons. The van der Waals surface area contributed by atoms with Gasteiger partial charge in [0.25, 0.3) is 0 Å². The van der Waals surface area contributed by atoms with Gasteiger partial charge in [0.05, 0.1) is 20.1 Å². The number of anilines is 1. The number of methoxy groups -OCH3 is 2. The zero-order valence-corrected chi connectivity index (χ0v) is 12.8. The fraction of sp³-hybridized carbons (Fsp3) is 0.667. The molecule has 0 saturated heterocycles. The maximum absolute atomic E-state index is 11.7. The van der Waals surface area contributed by atoms with E-state index in [1.54, 1.807) is 0 Å². The Morgan fingerprint density at radius 3 is 2.55 bits per heavy atom. The Labute approximate surface area is 123 Å². The van der Waals surface area contributed by atoms with Gasteiger partial charge in [-0.25, -0.2) is 0 Å². The molecule has 0 fully saturated rings. The summed E-state index contributed by atoms with van der Waals surface area (Å²) in [5.41, 5.74) is 0. The highest BCUT2D eigenvalue weighted by Crippen LogP contribution is 2.15. The van der Waals surface area contributed by atoms with Crippen molar-refractivity contribution < 1.29 is 14.3 Å². The van der Waals surface area contributed by atoms with Gasteiger partial charge in [-0.2, -0.15) is 15.0 Å². The van der Waals surface area contributed by atoms with Crippen molar-refractivity contribution in [2.24, 2.45) is 11.8 Å². The molecule has 0 bridgehead atoms. The summed E-state index contributed by atoms with van der Waals surface area (Å²) in [6.45, 7) is 4.44. The Bertz CT molecular complexity index is 456. The van der Waals surface area contributed by atoms with Crippen molar-refractivity contribution in [1.29, 1.82) is 0 Å². The third kappa shape index (κ3) is 5.16. The molecule has 0 aromatic carbocycles. The van der Waals surface area contributed by atoms with Crippen LogP contribution in [0.3, 0.4) is 0 Å². The normalized spacial score (nSPS) is 12.1. The van der Waals surface area contributed by atoms with Crippen LogP contribution in [0.2, 0.25) is 5.28 Å². The number of esters is 1. The van der Waals surface area contributed by atoms with Crippen molar-refractivity contribution >= 4 is 23.5 Å². The van der Waals surface area contributed by atoms with Crippen LogP contribution in [0.5, 0.6) is 6.01 Å². The SMILES string of the molecule is COC(=O)C(CNc1nc(Cl)nc(OC)n1)CC(C)C. The highest BCUT2D eigenvalue weighted by Gasteiger charge is 2.21. The zero-order valence-electron chi connectivity index (χ0n) is 12.0. The molecule has 1 aromatic heterocycles. The highest BCUT2D eigenvalue weighted by atomic mass is 35.5. The van der Waals surface area contributed by atoms with Crippen LogP contribution < -0.4 is 10.1 Å². The monoisotopic (exact) mass is 302 g/mol. The molecule has 7 nitrogen and oxygen atoms in total. The quantitative estimate of drug-likeness (QED) is 0.768. The molecule has 0 spiro atoms. The first-order valence-electron chi connectivity index (χ1n) is 6.23. The van der Waals surface area contributed by atoms with Gasteiger partial charge in [0.2, 0.25) is 11.2 Å². The summed E-state index contributed by atoms with van der Waals surface area (Å²) >= 11 is 5.74. The number of carbonyl (C=O) groups excluding carboxylic acids is 1. The largest absolute Gasteiger partial charge is 0.469 e. The molecule has 0 aliphatic rings. The Hall–Kier alpha value is -1.63. The Balaban J connectivity index is 2.71. The lowest BCUT2D eigenvalue weighted by Gasteiger charge is -2.17. The number of halogens is 1. The van der Waals surface area contributed by atoms with Gasteiger partial charge in [-0.1, -0.05) is 13.8 Å². The molecule has 1 atom stereocenters. The standard InChI is InChI=1S/C12H19ClN4O3/c1-7(2)5-8(9(18)19-3)6-14-11-15-10(13)16-12(17-11)20-4/h7-8H,5-6H2,1-4H3,(H,14,15,16,17). The van der Waals surface area contributed by atoms with Crippen LogP contribution in [0.1, 0.15) is 20.3 Å². The second-order valence-electron chi connectivity index (χ2n) is 4.65. The molecule has 1 N–H and O–H groups in total. The molecule has 0 aliphatic carbocycles. The summed E-state index contributed by atoms with van der Waals surface area (Å²) in [6, 6.07) is 0.117. The predicted octanol–water partition coefficient (Wildman–Crippen LogP) is 1.78. The number of nitrogens with one attached hydrogen (secondary N) is 1. The molecule has 0 aliphatic heterocycles. The lowest BCUT2D eigenvalue weighted by atomic mass is 9.97. The number of hydrogen-bond donors (Lipinski definition) is 1. The van der Waals surface area contributed by atoms with Gasteiger partial charge in [-0.3, -0.25) is 4.79 Å². The smallest absolute Gasteiger partial charge is 0.322 e. The van der Waals surface area contributed by atoms with E-state index in [0.29, 0.717) is 18.9 Å². The number of hydrogen-bond acceptors (Lipinski definition) is 7. The second-order valence-corrected chi connectivity index (χ2v) is 4.98. The van der Waals surface area contributed by atoms with Gasteiger partial charge < -0.3 is 14.8 Å². The zero-order chi connectivity index (χ0) is 15.1. The van der Waals surface area contributed by atoms with Crippen molar-refractivity contribution in [1.82, 2.24) is 15.0 Å². The Morgan fingerprint density at radius 1 is 1.30 bits per heavy atom. The van der Waals surface area contributed by atoms with Crippen molar-refractivity contribution in [3.63, 3.8) is 0 Å². The first-order chi connectivity index (χ1) is 9.46. The minimum atomic E-state index is -0.276. The topological polar surface area (TPSA) is 86.2 Å². The minimum absolute atomic E-state index is 0.0258. The molecular weight excluding hydrogens is 284 g/mol. The van der Waals surface area contributed by atoms with Crippen LogP contribution in [-0.4, -0.2) is 41.7 Å². The van der Waals surface area contributed by atoms with Crippen molar-refractivity contribution in [2.75, 3.05) is 26.1 Å². The van der Waals surface area contributed by atoms with Crippen LogP contribution in [0, 0.1) is 11.8 Å². The number of rotatable bonds is 7. The molecule has 8 heteroatoms. The lowest BCUT2D eigenvalue weighted by Crippen LogP contribution is -2.26. The molecular formula is C12H19ClN4O3. The molecule has 0 radical (unpaired) electrons. The molecule has 1 unspecified atom stereocenters. The van der Waals surface area contributed by atoms with E-state index in [4.69, 9.17) is 21.1 Å². The lowest BCUT2D eigenvalue weighted by molar-refractivity contribution is -0.145. The van der Waals surface area contributed by atoms with E-state index < -0.39 is 0 Å². The first-order valence-corrected chi connectivity index (χ1v) is 6.61. The average molecular weight is 303 g/mol. The molecule has 1 heterocycles. The third-order valence-electron chi connectivity index (χ3n) is 2.57. The van der Waals surface area contributed by atoms with Gasteiger partial charge in [0, 0.05) is 6.54 Å². The minimum Gasteiger partial charge on any atom is -0.469 e. The van der Waals surface area contributed by atoms with Crippen molar-refractivity contribution in [3.8, 4) is 6.01 Å². The van der Waals surface area contributed by atoms with E-state index in [-0.39, 0.29) is 29.1 Å². The van der Waals surface area contributed by atoms with Gasteiger partial charge >= 0.3 is 12.0 Å². The van der Waals surface area contributed by atoms with E-state index in [9.17, 15) is 4.79 Å². The van der Waals surface area contributed by atoms with Crippen molar-refractivity contribution in [2.45, 2.75) is 20.3 Å². The number of aromatic nitrogens is 3. The van der Waals surface area contributed by atoms with E-state index >= 15 is 0 Å². The van der Waals surface area contributed by atoms with Crippen LogP contribution >= 0.6 is 11.6 Å². The van der Waals surface area contributed by atoms with Gasteiger partial charge in [-0.05, 0) is 23.9 Å². The van der Waals surface area contributed by atoms with Crippen LogP contribution in [-0.2, 0) is 9.53 Å². The second kappa shape index (κ2) is 7.84. The predicted molar refractivity (Wildman–Crippen MR) is 74.8 cm³/mol. The van der Waals surface area contributed by atoms with Gasteiger partial charge in [0.1, 0.15) is 0 Å². The van der Waals surface area contributed by atoms with E-state index in [0.717, 1.165) is 0 Å². The van der Waals surface area contributed by atoms with Crippen LogP contribution in [0.15, 0.2) is 0 Å². The summed E-state index contributed by atoms with van der Waals surface area (Å²) in [6.07, 6.45) is 0.704. The number of nitrogens with zero attached hydrogens (tertiary/aromatic N) is 3. The summed E-state index contributed by atoms with van der Waals surface area (Å²) < 4.78 is 9.68. The van der Waals surface area contributed by atoms with Crippen LogP contribution in [0.4, 0.5) is 5.95 Å². The highest BCUT2D eigenvalue weighted by molar-refractivity contribution is 6.28. The van der Waals surface area contributed by atoms with Gasteiger partial charge in [0.15, 0.2) is 0 Å². The average Bonchev–Trinajstić information content (AvgIpc) is 2.41. The van der Waals surface area contributed by atoms with Crippen LogP contribution in [0.25, 0.3) is 0 Å².